The number of thiocarbonyl (C=S) groups is 1. The maximum Gasteiger partial charge on any atom is 0.174 e. The van der Waals surface area contributed by atoms with Crippen LogP contribution in [0.1, 0.15) is 29.0 Å². The largest absolute Gasteiger partial charge is 0.351 e. The molecule has 0 radical (unpaired) electrons. The Kier molecular flexibility index (Phi) is 5.18. The molecule has 1 N–H and O–H groups in total. The molecule has 0 unspecified atom stereocenters. The van der Waals surface area contributed by atoms with E-state index >= 15 is 0 Å². The number of benzene rings is 1. The smallest absolute Gasteiger partial charge is 0.174 e. The summed E-state index contributed by atoms with van der Waals surface area (Å²) in [7, 11) is 0. The predicted octanol–water partition coefficient (Wildman–Crippen LogP) is 4.64. The molecule has 3 aromatic heterocycles. The van der Waals surface area contributed by atoms with Gasteiger partial charge in [-0.25, -0.2) is 4.39 Å². The van der Waals surface area contributed by atoms with Crippen LogP contribution < -0.4 is 10.2 Å². The number of rotatable bonds is 5. The van der Waals surface area contributed by atoms with Gasteiger partial charge in [-0.15, -0.1) is 0 Å². The zero-order chi connectivity index (χ0) is 21.2. The van der Waals surface area contributed by atoms with Crippen LogP contribution in [0.15, 0.2) is 91.5 Å². The molecule has 5 rings (SSSR count). The quantitative estimate of drug-likeness (QED) is 0.468. The van der Waals surface area contributed by atoms with Gasteiger partial charge in [-0.3, -0.25) is 9.97 Å². The number of para-hydroxylation sites is 1. The Morgan fingerprint density at radius 2 is 1.84 bits per heavy atom. The van der Waals surface area contributed by atoms with Crippen LogP contribution in [0.5, 0.6) is 0 Å². The summed E-state index contributed by atoms with van der Waals surface area (Å²) in [6.07, 6.45) is 7.40. The van der Waals surface area contributed by atoms with Crippen molar-refractivity contribution < 1.29 is 4.39 Å². The third-order valence-electron chi connectivity index (χ3n) is 5.45. The fraction of sp³-hybridized carbons (Fsp3) is 0.125. The maximum absolute atomic E-state index is 14.8. The van der Waals surface area contributed by atoms with Crippen LogP contribution >= 0.6 is 12.2 Å². The van der Waals surface area contributed by atoms with Gasteiger partial charge in [0.25, 0.3) is 0 Å². The molecule has 1 aromatic carbocycles. The maximum atomic E-state index is 14.8. The lowest BCUT2D eigenvalue weighted by Gasteiger charge is -2.29. The van der Waals surface area contributed by atoms with Crippen LogP contribution in [0.4, 0.5) is 10.1 Å². The van der Waals surface area contributed by atoms with Gasteiger partial charge in [-0.1, -0.05) is 24.3 Å². The fourth-order valence-electron chi connectivity index (χ4n) is 4.09. The first-order valence-electron chi connectivity index (χ1n) is 10.0. The van der Waals surface area contributed by atoms with E-state index in [-0.39, 0.29) is 17.9 Å². The molecule has 1 aliphatic heterocycles. The number of nitrogens with zero attached hydrogens (tertiary/aromatic N) is 4. The van der Waals surface area contributed by atoms with Crippen LogP contribution in [-0.2, 0) is 6.54 Å². The number of halogens is 1. The molecule has 0 bridgehead atoms. The number of anilines is 1. The zero-order valence-corrected chi connectivity index (χ0v) is 17.4. The average molecular weight is 430 g/mol. The van der Waals surface area contributed by atoms with Gasteiger partial charge in [-0.05, 0) is 60.2 Å². The third kappa shape index (κ3) is 3.68. The van der Waals surface area contributed by atoms with Gasteiger partial charge in [0.05, 0.1) is 17.4 Å². The number of aromatic nitrogens is 3. The Morgan fingerprint density at radius 1 is 0.968 bits per heavy atom. The predicted molar refractivity (Wildman–Crippen MR) is 122 cm³/mol. The number of pyridine rings is 2. The topological polar surface area (TPSA) is 46.0 Å². The monoisotopic (exact) mass is 429 g/mol. The fourth-order valence-corrected chi connectivity index (χ4v) is 4.43. The van der Waals surface area contributed by atoms with Crippen LogP contribution in [0.3, 0.4) is 0 Å². The summed E-state index contributed by atoms with van der Waals surface area (Å²) in [6, 6.07) is 20.0. The van der Waals surface area contributed by atoms with Gasteiger partial charge in [0, 0.05) is 37.0 Å². The van der Waals surface area contributed by atoms with Gasteiger partial charge < -0.3 is 14.8 Å². The van der Waals surface area contributed by atoms with E-state index in [0.29, 0.717) is 17.3 Å². The van der Waals surface area contributed by atoms with Gasteiger partial charge in [0.1, 0.15) is 11.9 Å². The molecule has 0 amide bonds. The summed E-state index contributed by atoms with van der Waals surface area (Å²) >= 11 is 5.68. The minimum absolute atomic E-state index is 0.226. The van der Waals surface area contributed by atoms with Crippen molar-refractivity contribution in [2.24, 2.45) is 0 Å². The summed E-state index contributed by atoms with van der Waals surface area (Å²) in [4.78, 5) is 10.6. The molecule has 1 aliphatic rings. The SMILES string of the molecule is Fc1ccccc1N1C(=S)N[C@H](c2ccccn2)[C@H]1c1cccn1Cc1cccnc1. The highest BCUT2D eigenvalue weighted by Gasteiger charge is 2.42. The summed E-state index contributed by atoms with van der Waals surface area (Å²) in [5.41, 5.74) is 3.38. The van der Waals surface area contributed by atoms with Gasteiger partial charge >= 0.3 is 0 Å². The highest BCUT2D eigenvalue weighted by atomic mass is 32.1. The first kappa shape index (κ1) is 19.4. The standard InChI is InChI=1S/C24H20FN5S/c25-18-8-1-2-10-20(18)30-23(22(28-24(30)31)19-9-3-4-13-27-19)21-11-6-14-29(21)16-17-7-5-12-26-15-17/h1-15,22-23H,16H2,(H,28,31)/t22-,23-/m1/s1. The number of hydrogen-bond donors (Lipinski definition) is 1. The van der Waals surface area contributed by atoms with E-state index < -0.39 is 0 Å². The first-order valence-corrected chi connectivity index (χ1v) is 10.4. The van der Waals surface area contributed by atoms with E-state index in [0.717, 1.165) is 17.0 Å². The lowest BCUT2D eigenvalue weighted by atomic mass is 10.0. The van der Waals surface area contributed by atoms with Gasteiger partial charge in [0.15, 0.2) is 5.11 Å². The Bertz CT molecular complexity index is 1190. The minimum Gasteiger partial charge on any atom is -0.351 e. The van der Waals surface area contributed by atoms with Crippen LogP contribution in [0.25, 0.3) is 0 Å². The van der Waals surface area contributed by atoms with E-state index in [1.165, 1.54) is 6.07 Å². The van der Waals surface area contributed by atoms with Crippen molar-refractivity contribution >= 4 is 23.0 Å². The van der Waals surface area contributed by atoms with Crippen molar-refractivity contribution in [2.45, 2.75) is 18.6 Å². The van der Waals surface area contributed by atoms with Crippen LogP contribution in [-0.4, -0.2) is 19.6 Å². The molecule has 1 saturated heterocycles. The zero-order valence-electron chi connectivity index (χ0n) is 16.6. The third-order valence-corrected chi connectivity index (χ3v) is 5.77. The second kappa shape index (κ2) is 8.28. The summed E-state index contributed by atoms with van der Waals surface area (Å²) in [5, 5.41) is 3.85. The molecule has 0 aliphatic carbocycles. The second-order valence-electron chi connectivity index (χ2n) is 7.37. The number of nitrogens with one attached hydrogen (secondary N) is 1. The summed E-state index contributed by atoms with van der Waals surface area (Å²) in [6.45, 7) is 0.652. The van der Waals surface area contributed by atoms with E-state index in [2.05, 4.69) is 25.9 Å². The lowest BCUT2D eigenvalue weighted by Crippen LogP contribution is -2.31. The molecule has 0 spiro atoms. The normalized spacial score (nSPS) is 18.2. The Balaban J connectivity index is 1.62. The average Bonchev–Trinajstić information content (AvgIpc) is 3.39. The highest BCUT2D eigenvalue weighted by Crippen LogP contribution is 2.42. The van der Waals surface area contributed by atoms with Crippen molar-refractivity contribution in [3.05, 3.63) is 114 Å². The molecule has 4 aromatic rings. The Labute approximate surface area is 185 Å². The molecule has 154 valence electrons. The highest BCUT2D eigenvalue weighted by molar-refractivity contribution is 7.80. The molecule has 4 heterocycles. The second-order valence-corrected chi connectivity index (χ2v) is 7.76. The van der Waals surface area contributed by atoms with Crippen LogP contribution in [0, 0.1) is 5.82 Å². The van der Waals surface area contributed by atoms with E-state index in [1.807, 2.05) is 59.8 Å². The van der Waals surface area contributed by atoms with Crippen molar-refractivity contribution in [1.82, 2.24) is 19.9 Å². The summed E-state index contributed by atoms with van der Waals surface area (Å²) < 4.78 is 17.0. The molecule has 7 heteroatoms. The van der Waals surface area contributed by atoms with Gasteiger partial charge in [0.2, 0.25) is 0 Å². The Morgan fingerprint density at radius 3 is 2.61 bits per heavy atom. The van der Waals surface area contributed by atoms with Gasteiger partial charge in [-0.2, -0.15) is 0 Å². The van der Waals surface area contributed by atoms with Crippen molar-refractivity contribution in [3.8, 4) is 0 Å². The first-order chi connectivity index (χ1) is 15.2. The minimum atomic E-state index is -0.316. The summed E-state index contributed by atoms with van der Waals surface area (Å²) in [5.74, 6) is -0.316. The Hall–Kier alpha value is -3.58. The van der Waals surface area contributed by atoms with Crippen molar-refractivity contribution in [3.63, 3.8) is 0 Å². The molecule has 31 heavy (non-hydrogen) atoms. The van der Waals surface area contributed by atoms with Crippen LogP contribution in [0.2, 0.25) is 0 Å². The number of hydrogen-bond acceptors (Lipinski definition) is 3. The van der Waals surface area contributed by atoms with Crippen molar-refractivity contribution in [2.75, 3.05) is 4.90 Å². The molecular formula is C24H20FN5S. The lowest BCUT2D eigenvalue weighted by molar-refractivity contribution is 0.527. The van der Waals surface area contributed by atoms with E-state index in [9.17, 15) is 4.39 Å². The molecular weight excluding hydrogens is 409 g/mol. The molecule has 1 fully saturated rings. The van der Waals surface area contributed by atoms with E-state index in [4.69, 9.17) is 12.2 Å². The molecule has 2 atom stereocenters. The molecule has 0 saturated carbocycles. The molecule has 5 nitrogen and oxygen atoms in total. The van der Waals surface area contributed by atoms with Crippen molar-refractivity contribution in [1.29, 1.82) is 0 Å². The van der Waals surface area contributed by atoms with E-state index in [1.54, 1.807) is 24.5 Å².